The first-order chi connectivity index (χ1) is 24.5. The number of rotatable bonds is 15. The molecule has 0 radical (unpaired) electrons. The van der Waals surface area contributed by atoms with Crippen molar-refractivity contribution in [3.63, 3.8) is 0 Å². The van der Waals surface area contributed by atoms with E-state index in [-0.39, 0.29) is 35.5 Å². The summed E-state index contributed by atoms with van der Waals surface area (Å²) < 4.78 is 35.9. The molecule has 9 heteroatoms. The minimum atomic E-state index is -4.24. The van der Waals surface area contributed by atoms with Crippen molar-refractivity contribution in [2.75, 3.05) is 10.8 Å². The Kier molecular flexibility index (Phi) is 12.3. The maximum absolute atomic E-state index is 14.8. The molecule has 0 bridgehead atoms. The topological polar surface area (TPSA) is 96.0 Å². The number of amides is 2. The van der Waals surface area contributed by atoms with E-state index in [2.05, 4.69) is 5.32 Å². The number of carbonyl (C=O) groups excluding carboxylic acids is 2. The van der Waals surface area contributed by atoms with Crippen LogP contribution < -0.4 is 14.4 Å². The van der Waals surface area contributed by atoms with Crippen LogP contribution in [0.1, 0.15) is 42.5 Å². The van der Waals surface area contributed by atoms with E-state index in [1.165, 1.54) is 17.0 Å². The number of carbonyl (C=O) groups is 2. The first-order valence-electron chi connectivity index (χ1n) is 17.2. The van der Waals surface area contributed by atoms with Gasteiger partial charge in [-0.05, 0) is 92.4 Å². The van der Waals surface area contributed by atoms with E-state index in [0.717, 1.165) is 26.6 Å². The molecular formula is C42H45N3O5S. The van der Waals surface area contributed by atoms with Gasteiger partial charge in [-0.1, -0.05) is 97.4 Å². The van der Waals surface area contributed by atoms with Crippen molar-refractivity contribution in [1.82, 2.24) is 10.2 Å². The quantitative estimate of drug-likeness (QED) is 0.120. The highest BCUT2D eigenvalue weighted by Crippen LogP contribution is 2.29. The molecule has 1 N–H and O–H groups in total. The first-order valence-corrected chi connectivity index (χ1v) is 18.6. The van der Waals surface area contributed by atoms with Crippen LogP contribution in [-0.2, 0) is 32.6 Å². The van der Waals surface area contributed by atoms with E-state index in [0.29, 0.717) is 17.9 Å². The molecule has 0 aromatic heterocycles. The maximum Gasteiger partial charge on any atom is 0.264 e. The van der Waals surface area contributed by atoms with Crippen molar-refractivity contribution in [2.24, 2.45) is 0 Å². The smallest absolute Gasteiger partial charge is 0.264 e. The second-order valence-corrected chi connectivity index (χ2v) is 14.6. The first kappa shape index (κ1) is 36.9. The van der Waals surface area contributed by atoms with Crippen LogP contribution in [0.15, 0.2) is 138 Å². The lowest BCUT2D eigenvalue weighted by Crippen LogP contribution is -2.54. The monoisotopic (exact) mass is 703 g/mol. The Morgan fingerprint density at radius 3 is 1.96 bits per heavy atom. The Morgan fingerprint density at radius 1 is 0.745 bits per heavy atom. The summed E-state index contributed by atoms with van der Waals surface area (Å²) in [6, 6.07) is 38.6. The van der Waals surface area contributed by atoms with Gasteiger partial charge in [0.15, 0.2) is 0 Å². The summed E-state index contributed by atoms with van der Waals surface area (Å²) in [5.41, 5.74) is 3.87. The molecule has 0 saturated heterocycles. The normalized spacial score (nSPS) is 12.4. The number of hydrogen-bond acceptors (Lipinski definition) is 5. The fourth-order valence-electron chi connectivity index (χ4n) is 5.64. The lowest BCUT2D eigenvalue weighted by Gasteiger charge is -2.34. The summed E-state index contributed by atoms with van der Waals surface area (Å²) in [5, 5.41) is 3.08. The molecule has 8 nitrogen and oxygen atoms in total. The van der Waals surface area contributed by atoms with Crippen LogP contribution in [0.4, 0.5) is 5.69 Å². The summed E-state index contributed by atoms with van der Waals surface area (Å²) in [6.07, 6.45) is 0.957. The van der Waals surface area contributed by atoms with E-state index in [9.17, 15) is 18.0 Å². The van der Waals surface area contributed by atoms with Gasteiger partial charge in [-0.2, -0.15) is 0 Å². The number of ether oxygens (including phenoxy) is 1. The van der Waals surface area contributed by atoms with Gasteiger partial charge in [0.05, 0.1) is 10.6 Å². The molecular weight excluding hydrogens is 659 g/mol. The number of benzene rings is 5. The Morgan fingerprint density at radius 2 is 1.33 bits per heavy atom. The highest BCUT2D eigenvalue weighted by molar-refractivity contribution is 7.92. The zero-order valence-electron chi connectivity index (χ0n) is 29.5. The number of hydrogen-bond donors (Lipinski definition) is 1. The molecule has 0 aliphatic rings. The molecule has 2 amide bonds. The van der Waals surface area contributed by atoms with Gasteiger partial charge >= 0.3 is 0 Å². The molecule has 0 fully saturated rings. The molecule has 0 aliphatic carbocycles. The fourth-order valence-corrected chi connectivity index (χ4v) is 7.05. The number of nitrogens with zero attached hydrogens (tertiary/aromatic N) is 2. The van der Waals surface area contributed by atoms with Gasteiger partial charge in [0.1, 0.15) is 24.1 Å². The lowest BCUT2D eigenvalue weighted by atomic mass is 10.0. The Labute approximate surface area is 301 Å². The Bertz CT molecular complexity index is 2000. The highest BCUT2D eigenvalue weighted by Gasteiger charge is 2.35. The second-order valence-electron chi connectivity index (χ2n) is 12.7. The zero-order valence-corrected chi connectivity index (χ0v) is 30.3. The molecule has 264 valence electrons. The Balaban J connectivity index is 1.57. The van der Waals surface area contributed by atoms with E-state index < -0.39 is 28.5 Å². The average molecular weight is 704 g/mol. The third-order valence-corrected chi connectivity index (χ3v) is 10.7. The van der Waals surface area contributed by atoms with Gasteiger partial charge in [0, 0.05) is 19.0 Å². The second kappa shape index (κ2) is 17.0. The number of para-hydroxylation sites is 1. The molecule has 2 atom stereocenters. The molecule has 0 aliphatic heterocycles. The summed E-state index contributed by atoms with van der Waals surface area (Å²) in [4.78, 5) is 30.4. The predicted molar refractivity (Wildman–Crippen MR) is 202 cm³/mol. The van der Waals surface area contributed by atoms with Crippen LogP contribution >= 0.6 is 0 Å². The molecule has 5 aromatic rings. The van der Waals surface area contributed by atoms with Crippen LogP contribution in [0.2, 0.25) is 0 Å². The number of nitrogens with one attached hydrogen (secondary N) is 1. The third kappa shape index (κ3) is 9.64. The number of anilines is 1. The van der Waals surface area contributed by atoms with Gasteiger partial charge in [-0.15, -0.1) is 0 Å². The van der Waals surface area contributed by atoms with Crippen LogP contribution in [0.25, 0.3) is 0 Å². The van der Waals surface area contributed by atoms with Crippen LogP contribution in [0.3, 0.4) is 0 Å². The van der Waals surface area contributed by atoms with Crippen LogP contribution in [-0.4, -0.2) is 43.8 Å². The summed E-state index contributed by atoms with van der Waals surface area (Å²) in [7, 11) is -4.24. The van der Waals surface area contributed by atoms with Gasteiger partial charge < -0.3 is 15.0 Å². The molecule has 0 spiro atoms. The number of sulfonamides is 1. The van der Waals surface area contributed by atoms with E-state index in [4.69, 9.17) is 4.74 Å². The van der Waals surface area contributed by atoms with Gasteiger partial charge in [0.25, 0.3) is 10.0 Å². The molecule has 0 saturated carbocycles. The van der Waals surface area contributed by atoms with Crippen LogP contribution in [0.5, 0.6) is 11.5 Å². The average Bonchev–Trinajstić information content (AvgIpc) is 3.14. The van der Waals surface area contributed by atoms with E-state index >= 15 is 0 Å². The maximum atomic E-state index is 14.8. The molecule has 51 heavy (non-hydrogen) atoms. The van der Waals surface area contributed by atoms with Crippen molar-refractivity contribution in [3.05, 3.63) is 156 Å². The lowest BCUT2D eigenvalue weighted by molar-refractivity contribution is -0.140. The van der Waals surface area contributed by atoms with Gasteiger partial charge in [-0.25, -0.2) is 8.42 Å². The van der Waals surface area contributed by atoms with Crippen molar-refractivity contribution in [2.45, 2.75) is 64.1 Å². The molecule has 5 aromatic carbocycles. The van der Waals surface area contributed by atoms with E-state index in [1.54, 1.807) is 36.4 Å². The zero-order chi connectivity index (χ0) is 36.4. The highest BCUT2D eigenvalue weighted by atomic mass is 32.2. The molecule has 0 heterocycles. The fraction of sp³-hybridized carbons (Fsp3) is 0.238. The molecule has 2 unspecified atom stereocenters. The van der Waals surface area contributed by atoms with Gasteiger partial charge in [0.2, 0.25) is 11.8 Å². The minimum Gasteiger partial charge on any atom is -0.457 e. The van der Waals surface area contributed by atoms with Crippen molar-refractivity contribution in [1.29, 1.82) is 0 Å². The summed E-state index contributed by atoms with van der Waals surface area (Å²) in [6.45, 7) is 7.31. The van der Waals surface area contributed by atoms with E-state index in [1.807, 2.05) is 113 Å². The summed E-state index contributed by atoms with van der Waals surface area (Å²) in [5.74, 6) is 0.329. The summed E-state index contributed by atoms with van der Waals surface area (Å²) >= 11 is 0. The van der Waals surface area contributed by atoms with Crippen LogP contribution in [0, 0.1) is 13.8 Å². The SMILES string of the molecule is CCC(C)NC(=O)C(Cc1ccccc1)N(Cc1ccccc1C)C(=O)CN(c1ccc(Oc2ccccc2)cc1)S(=O)(=O)c1ccc(C)cc1. The van der Waals surface area contributed by atoms with Gasteiger partial charge in [-0.3, -0.25) is 13.9 Å². The van der Waals surface area contributed by atoms with Crippen molar-refractivity contribution in [3.8, 4) is 11.5 Å². The molecule has 5 rings (SSSR count). The van der Waals surface area contributed by atoms with Crippen molar-refractivity contribution < 1.29 is 22.7 Å². The van der Waals surface area contributed by atoms with Crippen molar-refractivity contribution >= 4 is 27.5 Å². The number of aryl methyl sites for hydroxylation is 2. The predicted octanol–water partition coefficient (Wildman–Crippen LogP) is 7.85. The standard InChI is InChI=1S/C42H45N3O5S/c1-5-33(4)43-42(47)40(28-34-15-8-6-9-16-34)44(29-35-17-13-12-14-32(35)3)41(46)30-45(51(48,49)39-26-20-31(2)21-27-39)36-22-24-38(25-23-36)50-37-18-10-7-11-19-37/h6-27,33,40H,5,28-30H2,1-4H3,(H,43,47). The third-order valence-electron chi connectivity index (χ3n) is 8.87. The minimum absolute atomic E-state index is 0.0475. The largest absolute Gasteiger partial charge is 0.457 e. The Hall–Kier alpha value is -5.41.